The third-order valence-electron chi connectivity index (χ3n) is 3.91. The number of hydrogen-bond donors (Lipinski definition) is 0. The number of amides is 2. The Morgan fingerprint density at radius 3 is 2.22 bits per heavy atom. The van der Waals surface area contributed by atoms with Crippen molar-refractivity contribution in [2.24, 2.45) is 11.8 Å². The first-order chi connectivity index (χ1) is 8.68. The lowest BCUT2D eigenvalue weighted by Gasteiger charge is -2.19. The van der Waals surface area contributed by atoms with Gasteiger partial charge < -0.3 is 0 Å². The fraction of sp³-hybridized carbons (Fsp3) is 0.429. The standard InChI is InChI=1S/C14H14BrNO2/c15-9-4-3-5-10(8-9)16-13(17)11-6-1-2-7-12(11)14(16)18/h3-5,8,11-12H,1-2,6-7H2. The topological polar surface area (TPSA) is 37.4 Å². The number of anilines is 1. The molecule has 0 N–H and O–H groups in total. The normalized spacial score (nSPS) is 27.5. The Balaban J connectivity index is 1.97. The van der Waals surface area contributed by atoms with E-state index in [1.54, 1.807) is 0 Å². The number of fused-ring (bicyclic) bond motifs is 1. The summed E-state index contributed by atoms with van der Waals surface area (Å²) in [5.41, 5.74) is 0.689. The highest BCUT2D eigenvalue weighted by atomic mass is 79.9. The minimum Gasteiger partial charge on any atom is -0.274 e. The molecule has 1 saturated carbocycles. The van der Waals surface area contributed by atoms with Gasteiger partial charge in [0, 0.05) is 4.47 Å². The summed E-state index contributed by atoms with van der Waals surface area (Å²) in [5.74, 6) is -0.180. The van der Waals surface area contributed by atoms with Crippen molar-refractivity contribution in [3.8, 4) is 0 Å². The lowest BCUT2D eigenvalue weighted by atomic mass is 9.81. The Hall–Kier alpha value is -1.16. The first-order valence-electron chi connectivity index (χ1n) is 6.32. The van der Waals surface area contributed by atoms with E-state index >= 15 is 0 Å². The van der Waals surface area contributed by atoms with Crippen molar-refractivity contribution < 1.29 is 9.59 Å². The van der Waals surface area contributed by atoms with Crippen LogP contribution in [-0.2, 0) is 9.59 Å². The van der Waals surface area contributed by atoms with Crippen LogP contribution in [0.5, 0.6) is 0 Å². The number of rotatable bonds is 1. The molecule has 0 spiro atoms. The first kappa shape index (κ1) is 11.9. The van der Waals surface area contributed by atoms with Gasteiger partial charge in [-0.15, -0.1) is 0 Å². The first-order valence-corrected chi connectivity index (χ1v) is 7.11. The van der Waals surface area contributed by atoms with Gasteiger partial charge in [-0.2, -0.15) is 0 Å². The van der Waals surface area contributed by atoms with E-state index < -0.39 is 0 Å². The second-order valence-corrected chi connectivity index (χ2v) is 5.90. The monoisotopic (exact) mass is 307 g/mol. The minimum absolute atomic E-state index is 0.0113. The van der Waals surface area contributed by atoms with Crippen LogP contribution in [0.2, 0.25) is 0 Å². The van der Waals surface area contributed by atoms with Crippen LogP contribution in [0.4, 0.5) is 5.69 Å². The fourth-order valence-electron chi connectivity index (χ4n) is 3.03. The maximum absolute atomic E-state index is 12.4. The van der Waals surface area contributed by atoms with E-state index in [2.05, 4.69) is 15.9 Å². The van der Waals surface area contributed by atoms with E-state index in [0.29, 0.717) is 5.69 Å². The van der Waals surface area contributed by atoms with Crippen LogP contribution >= 0.6 is 15.9 Å². The molecule has 0 bridgehead atoms. The molecule has 2 aliphatic rings. The number of nitrogens with zero attached hydrogens (tertiary/aromatic N) is 1. The second-order valence-electron chi connectivity index (χ2n) is 4.99. The van der Waals surface area contributed by atoms with E-state index in [1.807, 2.05) is 24.3 Å². The van der Waals surface area contributed by atoms with Crippen LogP contribution < -0.4 is 4.90 Å². The molecule has 94 valence electrons. The van der Waals surface area contributed by atoms with Crippen molar-refractivity contribution >= 4 is 33.4 Å². The SMILES string of the molecule is O=C1C2CCCCC2C(=O)N1c1cccc(Br)c1. The van der Waals surface area contributed by atoms with E-state index in [-0.39, 0.29) is 23.7 Å². The minimum atomic E-state index is -0.0785. The summed E-state index contributed by atoms with van der Waals surface area (Å²) in [5, 5.41) is 0. The predicted molar refractivity (Wildman–Crippen MR) is 72.1 cm³/mol. The Kier molecular flexibility index (Phi) is 2.98. The summed E-state index contributed by atoms with van der Waals surface area (Å²) >= 11 is 3.38. The van der Waals surface area contributed by atoms with Gasteiger partial charge in [-0.05, 0) is 31.0 Å². The lowest BCUT2D eigenvalue weighted by molar-refractivity contribution is -0.122. The molecular formula is C14H14BrNO2. The fourth-order valence-corrected chi connectivity index (χ4v) is 3.42. The number of carbonyl (C=O) groups excluding carboxylic acids is 2. The summed E-state index contributed by atoms with van der Waals surface area (Å²) < 4.78 is 0.885. The highest BCUT2D eigenvalue weighted by Gasteiger charge is 2.48. The lowest BCUT2D eigenvalue weighted by Crippen LogP contribution is -2.30. The van der Waals surface area contributed by atoms with Crippen molar-refractivity contribution in [3.63, 3.8) is 0 Å². The van der Waals surface area contributed by atoms with Gasteiger partial charge in [0.1, 0.15) is 0 Å². The number of halogens is 1. The van der Waals surface area contributed by atoms with Crippen LogP contribution in [0.1, 0.15) is 25.7 Å². The van der Waals surface area contributed by atoms with Crippen molar-refractivity contribution in [1.29, 1.82) is 0 Å². The van der Waals surface area contributed by atoms with Gasteiger partial charge in [0.15, 0.2) is 0 Å². The van der Waals surface area contributed by atoms with Gasteiger partial charge in [-0.1, -0.05) is 34.8 Å². The van der Waals surface area contributed by atoms with Crippen LogP contribution in [0, 0.1) is 11.8 Å². The molecule has 0 aromatic heterocycles. The second kappa shape index (κ2) is 4.50. The molecule has 18 heavy (non-hydrogen) atoms. The highest BCUT2D eigenvalue weighted by Crippen LogP contribution is 2.40. The molecule has 3 rings (SSSR count). The molecule has 1 aliphatic heterocycles. The van der Waals surface area contributed by atoms with E-state index in [9.17, 15) is 9.59 Å². The molecule has 3 nitrogen and oxygen atoms in total. The third kappa shape index (κ3) is 1.79. The number of imide groups is 1. The zero-order chi connectivity index (χ0) is 12.7. The quantitative estimate of drug-likeness (QED) is 0.748. The average molecular weight is 308 g/mol. The maximum atomic E-state index is 12.4. The predicted octanol–water partition coefficient (Wildman–Crippen LogP) is 3.13. The molecule has 2 atom stereocenters. The van der Waals surface area contributed by atoms with Gasteiger partial charge in [0.05, 0.1) is 17.5 Å². The van der Waals surface area contributed by atoms with Crippen LogP contribution in [0.25, 0.3) is 0 Å². The Labute approximate surface area is 114 Å². The van der Waals surface area contributed by atoms with Crippen LogP contribution in [-0.4, -0.2) is 11.8 Å². The summed E-state index contributed by atoms with van der Waals surface area (Å²) in [6.07, 6.45) is 3.85. The van der Waals surface area contributed by atoms with Gasteiger partial charge in [-0.25, -0.2) is 0 Å². The van der Waals surface area contributed by atoms with Gasteiger partial charge in [0.2, 0.25) is 11.8 Å². The van der Waals surface area contributed by atoms with E-state index in [0.717, 1.165) is 30.2 Å². The summed E-state index contributed by atoms with van der Waals surface area (Å²) in [6, 6.07) is 7.38. The molecule has 1 aromatic carbocycles. The summed E-state index contributed by atoms with van der Waals surface area (Å²) in [4.78, 5) is 26.1. The molecule has 1 saturated heterocycles. The average Bonchev–Trinajstić information content (AvgIpc) is 2.63. The largest absolute Gasteiger partial charge is 0.274 e. The molecule has 4 heteroatoms. The molecular weight excluding hydrogens is 294 g/mol. The Bertz CT molecular complexity index is 490. The van der Waals surface area contributed by atoms with Crippen molar-refractivity contribution in [1.82, 2.24) is 0 Å². The highest BCUT2D eigenvalue weighted by molar-refractivity contribution is 9.10. The van der Waals surface area contributed by atoms with Crippen molar-refractivity contribution in [2.45, 2.75) is 25.7 Å². The molecule has 0 radical (unpaired) electrons. The maximum Gasteiger partial charge on any atom is 0.237 e. The molecule has 2 fully saturated rings. The molecule has 1 heterocycles. The van der Waals surface area contributed by atoms with Crippen molar-refractivity contribution in [3.05, 3.63) is 28.7 Å². The van der Waals surface area contributed by atoms with Gasteiger partial charge >= 0.3 is 0 Å². The van der Waals surface area contributed by atoms with E-state index in [4.69, 9.17) is 0 Å². The number of benzene rings is 1. The number of hydrogen-bond acceptors (Lipinski definition) is 2. The third-order valence-corrected chi connectivity index (χ3v) is 4.40. The molecule has 1 aliphatic carbocycles. The molecule has 1 aromatic rings. The van der Waals surface area contributed by atoms with E-state index in [1.165, 1.54) is 4.90 Å². The molecule has 2 amide bonds. The van der Waals surface area contributed by atoms with Gasteiger partial charge in [0.25, 0.3) is 0 Å². The zero-order valence-corrected chi connectivity index (χ0v) is 11.5. The van der Waals surface area contributed by atoms with Crippen LogP contribution in [0.15, 0.2) is 28.7 Å². The number of carbonyl (C=O) groups is 2. The Morgan fingerprint density at radius 2 is 1.67 bits per heavy atom. The molecule has 2 unspecified atom stereocenters. The zero-order valence-electron chi connectivity index (χ0n) is 9.93. The van der Waals surface area contributed by atoms with Crippen molar-refractivity contribution in [2.75, 3.05) is 4.90 Å². The van der Waals surface area contributed by atoms with Crippen LogP contribution in [0.3, 0.4) is 0 Å². The Morgan fingerprint density at radius 1 is 1.06 bits per heavy atom. The summed E-state index contributed by atoms with van der Waals surface area (Å²) in [7, 11) is 0. The smallest absolute Gasteiger partial charge is 0.237 e. The summed E-state index contributed by atoms with van der Waals surface area (Å²) in [6.45, 7) is 0. The van der Waals surface area contributed by atoms with Gasteiger partial charge in [-0.3, -0.25) is 14.5 Å².